The molecule has 2 aromatic rings. The van der Waals surface area contributed by atoms with Gasteiger partial charge in [-0.1, -0.05) is 11.6 Å². The van der Waals surface area contributed by atoms with Crippen LogP contribution in [0.5, 0.6) is 11.5 Å². The van der Waals surface area contributed by atoms with E-state index in [0.717, 1.165) is 6.42 Å². The largest absolute Gasteiger partial charge is 0.495 e. The Kier molecular flexibility index (Phi) is 7.43. The Balaban J connectivity index is 2.05. The zero-order valence-electron chi connectivity index (χ0n) is 14.8. The van der Waals surface area contributed by atoms with Gasteiger partial charge in [-0.05, 0) is 6.42 Å². The molecule has 8 nitrogen and oxygen atoms in total. The van der Waals surface area contributed by atoms with E-state index in [-0.39, 0.29) is 5.91 Å². The molecule has 140 valence electrons. The summed E-state index contributed by atoms with van der Waals surface area (Å²) in [5, 5.41) is 6.17. The minimum atomic E-state index is -0.376. The highest BCUT2D eigenvalue weighted by molar-refractivity contribution is 6.32. The molecule has 0 unspecified atom stereocenters. The van der Waals surface area contributed by atoms with E-state index < -0.39 is 0 Å². The maximum absolute atomic E-state index is 12.4. The van der Waals surface area contributed by atoms with E-state index in [1.54, 1.807) is 19.2 Å². The summed E-state index contributed by atoms with van der Waals surface area (Å²) in [6.45, 7) is 1.33. The van der Waals surface area contributed by atoms with Crippen molar-refractivity contribution in [2.75, 3.05) is 45.1 Å². The summed E-state index contributed by atoms with van der Waals surface area (Å²) in [5.41, 5.74) is 0.740. The SMILES string of the molecule is COCCCNc1ncc(C(=O)Nc2cc(OC)c(Cl)cc2OC)cn1. The van der Waals surface area contributed by atoms with Crippen LogP contribution in [-0.4, -0.2) is 50.4 Å². The molecule has 2 rings (SSSR count). The smallest absolute Gasteiger partial charge is 0.258 e. The van der Waals surface area contributed by atoms with E-state index in [1.807, 2.05) is 0 Å². The molecule has 0 spiro atoms. The number of nitrogens with zero attached hydrogens (tertiary/aromatic N) is 2. The van der Waals surface area contributed by atoms with Crippen molar-refractivity contribution in [1.29, 1.82) is 0 Å². The maximum atomic E-state index is 12.4. The summed E-state index contributed by atoms with van der Waals surface area (Å²) in [6.07, 6.45) is 3.72. The van der Waals surface area contributed by atoms with Crippen LogP contribution in [0.1, 0.15) is 16.8 Å². The number of hydrogen-bond acceptors (Lipinski definition) is 7. The first kappa shape index (κ1) is 19.7. The fraction of sp³-hybridized carbons (Fsp3) is 0.353. The van der Waals surface area contributed by atoms with E-state index in [4.69, 9.17) is 25.8 Å². The summed E-state index contributed by atoms with van der Waals surface area (Å²) in [6, 6.07) is 3.16. The maximum Gasteiger partial charge on any atom is 0.258 e. The molecule has 0 aliphatic heterocycles. The van der Waals surface area contributed by atoms with Crippen molar-refractivity contribution < 1.29 is 19.0 Å². The minimum Gasteiger partial charge on any atom is -0.495 e. The molecule has 0 aliphatic carbocycles. The lowest BCUT2D eigenvalue weighted by Gasteiger charge is -2.13. The molecule has 9 heteroatoms. The van der Waals surface area contributed by atoms with Crippen LogP contribution in [0.25, 0.3) is 0 Å². The lowest BCUT2D eigenvalue weighted by atomic mass is 10.2. The number of nitrogens with one attached hydrogen (secondary N) is 2. The van der Waals surface area contributed by atoms with Gasteiger partial charge in [-0.15, -0.1) is 0 Å². The molecule has 0 saturated heterocycles. The number of hydrogen-bond donors (Lipinski definition) is 2. The predicted octanol–water partition coefficient (Wildman–Crippen LogP) is 2.85. The molecule has 26 heavy (non-hydrogen) atoms. The summed E-state index contributed by atoms with van der Waals surface area (Å²) >= 11 is 6.06. The van der Waals surface area contributed by atoms with Crippen LogP contribution in [0.3, 0.4) is 0 Å². The highest BCUT2D eigenvalue weighted by atomic mass is 35.5. The van der Waals surface area contributed by atoms with Crippen molar-refractivity contribution in [3.8, 4) is 11.5 Å². The normalized spacial score (nSPS) is 10.3. The lowest BCUT2D eigenvalue weighted by molar-refractivity contribution is 0.102. The number of ether oxygens (including phenoxy) is 3. The average molecular weight is 381 g/mol. The second kappa shape index (κ2) is 9.79. The van der Waals surface area contributed by atoms with Gasteiger partial charge in [0.25, 0.3) is 5.91 Å². The zero-order chi connectivity index (χ0) is 18.9. The van der Waals surface area contributed by atoms with Crippen molar-refractivity contribution >= 4 is 29.1 Å². The first-order valence-corrected chi connectivity index (χ1v) is 8.24. The molecule has 0 bridgehead atoms. The minimum absolute atomic E-state index is 0.309. The molecule has 0 atom stereocenters. The van der Waals surface area contributed by atoms with Gasteiger partial charge in [-0.25, -0.2) is 9.97 Å². The predicted molar refractivity (Wildman–Crippen MR) is 99.5 cm³/mol. The number of methoxy groups -OCH3 is 3. The molecule has 0 fully saturated rings. The Morgan fingerprint density at radius 3 is 2.42 bits per heavy atom. The lowest BCUT2D eigenvalue weighted by Crippen LogP contribution is -2.14. The fourth-order valence-electron chi connectivity index (χ4n) is 2.11. The van der Waals surface area contributed by atoms with Crippen molar-refractivity contribution in [3.05, 3.63) is 35.1 Å². The standard InChI is InChI=1S/C17H21ClN4O4/c1-24-6-4-5-19-17-20-9-11(10-21-17)16(23)22-13-8-14(25-2)12(18)7-15(13)26-3/h7-10H,4-6H2,1-3H3,(H,22,23)(H,19,20,21). The molecule has 0 saturated carbocycles. The second-order valence-corrected chi connectivity index (χ2v) is 5.62. The Morgan fingerprint density at radius 2 is 1.81 bits per heavy atom. The molecule has 1 aromatic carbocycles. The van der Waals surface area contributed by atoms with Crippen LogP contribution in [0, 0.1) is 0 Å². The fourth-order valence-corrected chi connectivity index (χ4v) is 2.34. The van der Waals surface area contributed by atoms with Gasteiger partial charge in [0, 0.05) is 44.8 Å². The Labute approximate surface area is 156 Å². The number of halogens is 1. The molecule has 0 aliphatic rings. The van der Waals surface area contributed by atoms with Crippen LogP contribution in [-0.2, 0) is 4.74 Å². The summed E-state index contributed by atoms with van der Waals surface area (Å²) < 4.78 is 15.4. The molecule has 0 radical (unpaired) electrons. The van der Waals surface area contributed by atoms with E-state index >= 15 is 0 Å². The Morgan fingerprint density at radius 1 is 1.12 bits per heavy atom. The van der Waals surface area contributed by atoms with Gasteiger partial charge >= 0.3 is 0 Å². The topological polar surface area (TPSA) is 94.6 Å². The number of carbonyl (C=O) groups excluding carboxylic acids is 1. The Bertz CT molecular complexity index is 740. The number of anilines is 2. The third-order valence-electron chi connectivity index (χ3n) is 3.44. The van der Waals surface area contributed by atoms with Gasteiger partial charge in [-0.2, -0.15) is 0 Å². The van der Waals surface area contributed by atoms with Gasteiger partial charge in [0.15, 0.2) is 0 Å². The molecular weight excluding hydrogens is 360 g/mol. The van der Waals surface area contributed by atoms with Crippen LogP contribution < -0.4 is 20.1 Å². The summed E-state index contributed by atoms with van der Waals surface area (Å²) in [4.78, 5) is 20.7. The van der Waals surface area contributed by atoms with Gasteiger partial charge in [0.2, 0.25) is 5.95 Å². The van der Waals surface area contributed by atoms with Crippen LogP contribution in [0.2, 0.25) is 5.02 Å². The van der Waals surface area contributed by atoms with Gasteiger partial charge in [0.05, 0.1) is 30.5 Å². The number of carbonyl (C=O) groups is 1. The van der Waals surface area contributed by atoms with Crippen LogP contribution >= 0.6 is 11.6 Å². The van der Waals surface area contributed by atoms with Crippen molar-refractivity contribution in [3.63, 3.8) is 0 Å². The highest BCUT2D eigenvalue weighted by Crippen LogP contribution is 2.36. The van der Waals surface area contributed by atoms with Gasteiger partial charge in [-0.3, -0.25) is 4.79 Å². The summed E-state index contributed by atoms with van der Waals surface area (Å²) in [7, 11) is 4.63. The third-order valence-corrected chi connectivity index (χ3v) is 3.74. The zero-order valence-corrected chi connectivity index (χ0v) is 15.6. The Hall–Kier alpha value is -2.58. The summed E-state index contributed by atoms with van der Waals surface area (Å²) in [5.74, 6) is 0.915. The number of aromatic nitrogens is 2. The molecule has 1 amide bonds. The van der Waals surface area contributed by atoms with E-state index in [2.05, 4.69) is 20.6 Å². The van der Waals surface area contributed by atoms with Crippen LogP contribution in [0.4, 0.5) is 11.6 Å². The molecule has 1 heterocycles. The number of benzene rings is 1. The third kappa shape index (κ3) is 5.21. The van der Waals surface area contributed by atoms with Gasteiger partial charge < -0.3 is 24.8 Å². The number of amides is 1. The van der Waals surface area contributed by atoms with Gasteiger partial charge in [0.1, 0.15) is 11.5 Å². The first-order valence-electron chi connectivity index (χ1n) is 7.86. The monoisotopic (exact) mass is 380 g/mol. The number of rotatable bonds is 9. The molecule has 1 aromatic heterocycles. The second-order valence-electron chi connectivity index (χ2n) is 5.21. The van der Waals surface area contributed by atoms with Crippen molar-refractivity contribution in [2.45, 2.75) is 6.42 Å². The first-order chi connectivity index (χ1) is 12.6. The van der Waals surface area contributed by atoms with Crippen molar-refractivity contribution in [1.82, 2.24) is 9.97 Å². The quantitative estimate of drug-likeness (QED) is 0.646. The molecule has 2 N–H and O–H groups in total. The van der Waals surface area contributed by atoms with Crippen molar-refractivity contribution in [2.24, 2.45) is 0 Å². The molecular formula is C17H21ClN4O4. The highest BCUT2D eigenvalue weighted by Gasteiger charge is 2.14. The van der Waals surface area contributed by atoms with Crippen LogP contribution in [0.15, 0.2) is 24.5 Å². The average Bonchev–Trinajstić information content (AvgIpc) is 2.66. The van der Waals surface area contributed by atoms with E-state index in [1.165, 1.54) is 26.6 Å². The van der Waals surface area contributed by atoms with E-state index in [9.17, 15) is 4.79 Å². The van der Waals surface area contributed by atoms with E-state index in [0.29, 0.717) is 46.9 Å².